The molecule has 4 nitrogen and oxygen atoms in total. The monoisotopic (exact) mass is 312 g/mol. The van der Waals surface area contributed by atoms with Gasteiger partial charge in [-0.2, -0.15) is 5.26 Å². The zero-order valence-corrected chi connectivity index (χ0v) is 12.0. The molecule has 0 atom stereocenters. The number of hydrogen-bond acceptors (Lipinski definition) is 4. The van der Waals surface area contributed by atoms with Gasteiger partial charge < -0.3 is 14.8 Å². The maximum absolute atomic E-state index is 8.80. The molecule has 0 bridgehead atoms. The quantitative estimate of drug-likeness (QED) is 0.750. The van der Waals surface area contributed by atoms with Crippen molar-refractivity contribution in [1.29, 1.82) is 5.26 Å². The number of benzene rings is 1. The number of nitrogens with zero attached hydrogens (tertiary/aromatic N) is 1. The van der Waals surface area contributed by atoms with Crippen molar-refractivity contribution in [3.8, 4) is 6.07 Å². The van der Waals surface area contributed by atoms with Crippen LogP contribution in [0, 0.1) is 11.3 Å². The maximum atomic E-state index is 8.80. The van der Waals surface area contributed by atoms with Crippen LogP contribution in [0.4, 0.5) is 5.69 Å². The van der Waals surface area contributed by atoms with Crippen molar-refractivity contribution in [3.05, 3.63) is 28.2 Å². The van der Waals surface area contributed by atoms with Crippen molar-refractivity contribution < 1.29 is 9.47 Å². The topological polar surface area (TPSA) is 54.3 Å². The normalized spacial score (nSPS) is 10.1. The van der Waals surface area contributed by atoms with E-state index >= 15 is 0 Å². The highest BCUT2D eigenvalue weighted by molar-refractivity contribution is 9.10. The van der Waals surface area contributed by atoms with E-state index in [9.17, 15) is 0 Å². The molecule has 0 amide bonds. The Morgan fingerprint density at radius 3 is 2.83 bits per heavy atom. The number of nitrogens with one attached hydrogen (secondary N) is 1. The SMILES string of the molecule is COCCOCCCNc1ccc(C#N)c(Br)c1. The number of hydrogen-bond donors (Lipinski definition) is 1. The van der Waals surface area contributed by atoms with Crippen LogP contribution in [-0.4, -0.2) is 33.5 Å². The number of ether oxygens (including phenoxy) is 2. The minimum atomic E-state index is 0.635. The van der Waals surface area contributed by atoms with Gasteiger partial charge in [0.2, 0.25) is 0 Å². The van der Waals surface area contributed by atoms with Gasteiger partial charge in [0.1, 0.15) is 6.07 Å². The van der Waals surface area contributed by atoms with Crippen LogP contribution >= 0.6 is 15.9 Å². The zero-order valence-electron chi connectivity index (χ0n) is 10.4. The molecule has 1 aromatic rings. The van der Waals surface area contributed by atoms with Crippen LogP contribution in [0.1, 0.15) is 12.0 Å². The fourth-order valence-electron chi connectivity index (χ4n) is 1.37. The van der Waals surface area contributed by atoms with Crippen molar-refractivity contribution in [1.82, 2.24) is 0 Å². The van der Waals surface area contributed by atoms with Gasteiger partial charge in [-0.05, 0) is 40.5 Å². The van der Waals surface area contributed by atoms with Crippen LogP contribution in [0.2, 0.25) is 0 Å². The second kappa shape index (κ2) is 8.92. The molecule has 0 fully saturated rings. The summed E-state index contributed by atoms with van der Waals surface area (Å²) in [4.78, 5) is 0. The summed E-state index contributed by atoms with van der Waals surface area (Å²) in [7, 11) is 1.66. The molecule has 0 saturated heterocycles. The Balaban J connectivity index is 2.20. The number of nitriles is 1. The van der Waals surface area contributed by atoms with Crippen LogP contribution in [0.15, 0.2) is 22.7 Å². The molecule has 0 spiro atoms. The lowest BCUT2D eigenvalue weighted by Crippen LogP contribution is -2.08. The highest BCUT2D eigenvalue weighted by Crippen LogP contribution is 2.20. The Bertz CT molecular complexity index is 404. The molecule has 18 heavy (non-hydrogen) atoms. The Hall–Kier alpha value is -1.09. The van der Waals surface area contributed by atoms with E-state index in [1.165, 1.54) is 0 Å². The molecule has 98 valence electrons. The predicted molar refractivity (Wildman–Crippen MR) is 74.7 cm³/mol. The number of halogens is 1. The molecule has 0 unspecified atom stereocenters. The first-order chi connectivity index (χ1) is 8.77. The van der Waals surface area contributed by atoms with Crippen LogP contribution < -0.4 is 5.32 Å². The average Bonchev–Trinajstić information content (AvgIpc) is 2.38. The molecule has 1 aromatic carbocycles. The standard InChI is InChI=1S/C13H17BrN2O2/c1-17-7-8-18-6-2-5-16-12-4-3-11(10-15)13(14)9-12/h3-4,9,16H,2,5-8H2,1H3. The molecular weight excluding hydrogens is 296 g/mol. The van der Waals surface area contributed by atoms with E-state index < -0.39 is 0 Å². The van der Waals surface area contributed by atoms with Crippen LogP contribution in [0.3, 0.4) is 0 Å². The summed E-state index contributed by atoms with van der Waals surface area (Å²) in [6.45, 7) is 2.83. The van der Waals surface area contributed by atoms with Crippen molar-refractivity contribution in [2.45, 2.75) is 6.42 Å². The van der Waals surface area contributed by atoms with E-state index in [1.54, 1.807) is 13.2 Å². The van der Waals surface area contributed by atoms with Gasteiger partial charge in [0.25, 0.3) is 0 Å². The van der Waals surface area contributed by atoms with Gasteiger partial charge in [-0.1, -0.05) is 0 Å². The Morgan fingerprint density at radius 2 is 2.17 bits per heavy atom. The molecule has 1 rings (SSSR count). The third-order valence-corrected chi connectivity index (χ3v) is 2.97. The largest absolute Gasteiger partial charge is 0.385 e. The van der Waals surface area contributed by atoms with Gasteiger partial charge in [-0.15, -0.1) is 0 Å². The van der Waals surface area contributed by atoms with Gasteiger partial charge in [0.05, 0.1) is 18.8 Å². The van der Waals surface area contributed by atoms with Crippen molar-refractivity contribution in [2.75, 3.05) is 38.8 Å². The minimum absolute atomic E-state index is 0.635. The van der Waals surface area contributed by atoms with Crippen LogP contribution in [-0.2, 0) is 9.47 Å². The zero-order chi connectivity index (χ0) is 13.2. The van der Waals surface area contributed by atoms with Gasteiger partial charge in [0.15, 0.2) is 0 Å². The first-order valence-electron chi connectivity index (χ1n) is 5.78. The van der Waals surface area contributed by atoms with Crippen molar-refractivity contribution in [2.24, 2.45) is 0 Å². The highest BCUT2D eigenvalue weighted by Gasteiger charge is 1.99. The van der Waals surface area contributed by atoms with Crippen LogP contribution in [0.5, 0.6) is 0 Å². The molecule has 0 saturated carbocycles. The summed E-state index contributed by atoms with van der Waals surface area (Å²) in [5, 5.41) is 12.1. The minimum Gasteiger partial charge on any atom is -0.385 e. The molecule has 0 aliphatic carbocycles. The molecule has 0 aliphatic rings. The summed E-state index contributed by atoms with van der Waals surface area (Å²) in [5.41, 5.74) is 1.64. The van der Waals surface area contributed by atoms with Gasteiger partial charge in [-0.3, -0.25) is 0 Å². The smallest absolute Gasteiger partial charge is 0.100 e. The molecule has 1 N–H and O–H groups in total. The predicted octanol–water partition coefficient (Wildman–Crippen LogP) is 2.79. The number of anilines is 1. The average molecular weight is 313 g/mol. The first kappa shape index (κ1) is 15.0. The van der Waals surface area contributed by atoms with E-state index in [2.05, 4.69) is 27.3 Å². The summed E-state index contributed by atoms with van der Waals surface area (Å²) in [6, 6.07) is 7.71. The molecular formula is C13H17BrN2O2. The maximum Gasteiger partial charge on any atom is 0.100 e. The van der Waals surface area contributed by atoms with Crippen LogP contribution in [0.25, 0.3) is 0 Å². The summed E-state index contributed by atoms with van der Waals surface area (Å²) in [6.07, 6.45) is 0.932. The summed E-state index contributed by atoms with van der Waals surface area (Å²) >= 11 is 3.36. The van der Waals surface area contributed by atoms with Crippen molar-refractivity contribution in [3.63, 3.8) is 0 Å². The van der Waals surface area contributed by atoms with E-state index in [1.807, 2.05) is 12.1 Å². The lowest BCUT2D eigenvalue weighted by Gasteiger charge is -2.08. The highest BCUT2D eigenvalue weighted by atomic mass is 79.9. The Morgan fingerprint density at radius 1 is 1.33 bits per heavy atom. The number of rotatable bonds is 8. The Labute approximate surface area is 116 Å². The fraction of sp³-hybridized carbons (Fsp3) is 0.462. The van der Waals surface area contributed by atoms with E-state index in [0.29, 0.717) is 25.4 Å². The molecule has 0 heterocycles. The first-order valence-corrected chi connectivity index (χ1v) is 6.57. The number of methoxy groups -OCH3 is 1. The molecule has 0 radical (unpaired) electrons. The molecule has 5 heteroatoms. The van der Waals surface area contributed by atoms with Gasteiger partial charge >= 0.3 is 0 Å². The van der Waals surface area contributed by atoms with E-state index in [0.717, 1.165) is 23.1 Å². The lowest BCUT2D eigenvalue weighted by molar-refractivity contribution is 0.0705. The van der Waals surface area contributed by atoms with E-state index in [4.69, 9.17) is 14.7 Å². The summed E-state index contributed by atoms with van der Waals surface area (Å²) < 4.78 is 11.0. The molecule has 0 aromatic heterocycles. The van der Waals surface area contributed by atoms with Crippen molar-refractivity contribution >= 4 is 21.6 Å². The van der Waals surface area contributed by atoms with Gasteiger partial charge in [0, 0.05) is 30.4 Å². The van der Waals surface area contributed by atoms with E-state index in [-0.39, 0.29) is 0 Å². The summed E-state index contributed by atoms with van der Waals surface area (Å²) in [5.74, 6) is 0. The second-order valence-corrected chi connectivity index (χ2v) is 4.55. The fourth-order valence-corrected chi connectivity index (χ4v) is 1.83. The second-order valence-electron chi connectivity index (χ2n) is 3.69. The lowest BCUT2D eigenvalue weighted by atomic mass is 10.2. The molecule has 0 aliphatic heterocycles. The third-order valence-electron chi connectivity index (χ3n) is 2.32. The third kappa shape index (κ3) is 5.50. The Kier molecular flexibility index (Phi) is 7.42. The van der Waals surface area contributed by atoms with Gasteiger partial charge in [-0.25, -0.2) is 0 Å².